The van der Waals surface area contributed by atoms with E-state index in [9.17, 15) is 14.7 Å². The van der Waals surface area contributed by atoms with E-state index in [1.807, 2.05) is 11.0 Å². The van der Waals surface area contributed by atoms with Crippen molar-refractivity contribution in [3.63, 3.8) is 0 Å². The van der Waals surface area contributed by atoms with E-state index in [0.717, 1.165) is 44.2 Å². The number of carbonyl (C=O) groups is 2. The molecule has 3 aliphatic rings. The van der Waals surface area contributed by atoms with Gasteiger partial charge in [0.1, 0.15) is 0 Å². The number of carbonyl (C=O) groups excluding carboxylic acids is 2. The van der Waals surface area contributed by atoms with E-state index in [0.29, 0.717) is 31.7 Å². The Morgan fingerprint density at radius 3 is 2.88 bits per heavy atom. The first kappa shape index (κ1) is 17.5. The highest BCUT2D eigenvalue weighted by Crippen LogP contribution is 2.40. The molecule has 2 fully saturated rings. The molecular weight excluding hydrogens is 330 g/mol. The van der Waals surface area contributed by atoms with Crippen molar-refractivity contribution in [1.29, 1.82) is 0 Å². The summed E-state index contributed by atoms with van der Waals surface area (Å²) in [6, 6.07) is 2.01. The van der Waals surface area contributed by atoms with Crippen LogP contribution >= 0.6 is 0 Å². The van der Waals surface area contributed by atoms with Crippen molar-refractivity contribution < 1.29 is 14.7 Å². The van der Waals surface area contributed by atoms with Crippen molar-refractivity contribution in [2.75, 3.05) is 32.8 Å². The van der Waals surface area contributed by atoms with E-state index < -0.39 is 5.41 Å². The molecule has 1 aromatic rings. The Kier molecular flexibility index (Phi) is 4.69. The quantitative estimate of drug-likeness (QED) is 0.888. The summed E-state index contributed by atoms with van der Waals surface area (Å²) in [6.45, 7) is 2.21. The van der Waals surface area contributed by atoms with Crippen LogP contribution in [0.5, 0.6) is 0 Å². The highest BCUT2D eigenvalue weighted by Gasteiger charge is 2.49. The fourth-order valence-corrected chi connectivity index (χ4v) is 4.80. The highest BCUT2D eigenvalue weighted by atomic mass is 16.3. The summed E-state index contributed by atoms with van der Waals surface area (Å²) in [4.78, 5) is 34.0. The van der Waals surface area contributed by atoms with Crippen molar-refractivity contribution in [3.05, 3.63) is 29.1 Å². The Bertz CT molecular complexity index is 718. The largest absolute Gasteiger partial charge is 0.395 e. The first-order valence-corrected chi connectivity index (χ1v) is 9.80. The molecule has 0 aromatic carbocycles. The standard InChI is InChI=1S/C20H27N3O3/c24-11-10-22-8-3-6-20(19(22)26)7-9-23(14-20)18(25)16-12-15-4-1-2-5-17(15)21-13-16/h12-13,24H,1-11,14H2/t20-/m1/s1. The maximum atomic E-state index is 13.0. The molecule has 26 heavy (non-hydrogen) atoms. The van der Waals surface area contributed by atoms with Crippen LogP contribution in [0.4, 0.5) is 0 Å². The van der Waals surface area contributed by atoms with E-state index in [2.05, 4.69) is 4.98 Å². The number of aliphatic hydroxyl groups is 1. The number of aromatic nitrogens is 1. The number of nitrogens with zero attached hydrogens (tertiary/aromatic N) is 3. The molecule has 2 saturated heterocycles. The number of aliphatic hydroxyl groups excluding tert-OH is 1. The lowest BCUT2D eigenvalue weighted by Gasteiger charge is -2.39. The summed E-state index contributed by atoms with van der Waals surface area (Å²) in [5, 5.41) is 9.19. The highest BCUT2D eigenvalue weighted by molar-refractivity contribution is 5.95. The Labute approximate surface area is 154 Å². The molecule has 0 unspecified atom stereocenters. The molecule has 1 aliphatic carbocycles. The number of amides is 2. The van der Waals surface area contributed by atoms with Crippen LogP contribution in [-0.2, 0) is 17.6 Å². The van der Waals surface area contributed by atoms with E-state index >= 15 is 0 Å². The number of pyridine rings is 1. The van der Waals surface area contributed by atoms with Gasteiger partial charge in [-0.15, -0.1) is 0 Å². The van der Waals surface area contributed by atoms with Gasteiger partial charge in [0, 0.05) is 38.1 Å². The molecular formula is C20H27N3O3. The fraction of sp³-hybridized carbons (Fsp3) is 0.650. The Morgan fingerprint density at radius 2 is 2.04 bits per heavy atom. The number of piperidine rings is 1. The van der Waals surface area contributed by atoms with Crippen molar-refractivity contribution in [1.82, 2.24) is 14.8 Å². The summed E-state index contributed by atoms with van der Waals surface area (Å²) in [5.74, 6) is 0.103. The molecule has 1 N–H and O–H groups in total. The molecule has 0 bridgehead atoms. The summed E-state index contributed by atoms with van der Waals surface area (Å²) >= 11 is 0. The first-order chi connectivity index (χ1) is 12.6. The zero-order valence-corrected chi connectivity index (χ0v) is 15.2. The number of fused-ring (bicyclic) bond motifs is 1. The first-order valence-electron chi connectivity index (χ1n) is 9.80. The van der Waals surface area contributed by atoms with Gasteiger partial charge in [0.15, 0.2) is 0 Å². The Hall–Kier alpha value is -1.95. The third kappa shape index (κ3) is 3.00. The summed E-state index contributed by atoms with van der Waals surface area (Å²) in [6.07, 6.45) is 8.54. The lowest BCUT2D eigenvalue weighted by molar-refractivity contribution is -0.146. The second kappa shape index (κ2) is 6.99. The predicted octanol–water partition coefficient (Wildman–Crippen LogP) is 1.41. The van der Waals surface area contributed by atoms with Crippen LogP contribution < -0.4 is 0 Å². The molecule has 1 atom stereocenters. The SMILES string of the molecule is O=C(c1cnc2c(c1)CCCC2)N1CC[C@]2(CCCN(CCO)C2=O)C1. The minimum absolute atomic E-state index is 0.00479. The van der Waals surface area contributed by atoms with E-state index in [4.69, 9.17) is 0 Å². The molecule has 140 valence electrons. The molecule has 6 heteroatoms. The fourth-order valence-electron chi connectivity index (χ4n) is 4.80. The van der Waals surface area contributed by atoms with Gasteiger partial charge in [0.25, 0.3) is 5.91 Å². The number of hydrogen-bond acceptors (Lipinski definition) is 4. The smallest absolute Gasteiger partial charge is 0.255 e. The van der Waals surface area contributed by atoms with E-state index in [-0.39, 0.29) is 18.4 Å². The van der Waals surface area contributed by atoms with Crippen LogP contribution in [0.15, 0.2) is 12.3 Å². The minimum atomic E-state index is -0.454. The summed E-state index contributed by atoms with van der Waals surface area (Å²) < 4.78 is 0. The minimum Gasteiger partial charge on any atom is -0.395 e. The molecule has 1 aromatic heterocycles. The third-order valence-corrected chi connectivity index (χ3v) is 6.25. The zero-order valence-electron chi connectivity index (χ0n) is 15.2. The second-order valence-corrected chi connectivity index (χ2v) is 7.91. The molecule has 2 amide bonds. The van der Waals surface area contributed by atoms with E-state index in [1.165, 1.54) is 12.0 Å². The van der Waals surface area contributed by atoms with Gasteiger partial charge >= 0.3 is 0 Å². The zero-order chi connectivity index (χ0) is 18.1. The number of aryl methyl sites for hydroxylation is 2. The van der Waals surface area contributed by atoms with Crippen LogP contribution in [0, 0.1) is 5.41 Å². The van der Waals surface area contributed by atoms with Crippen LogP contribution in [0.25, 0.3) is 0 Å². The maximum absolute atomic E-state index is 13.0. The van der Waals surface area contributed by atoms with Gasteiger partial charge in [0.05, 0.1) is 17.6 Å². The molecule has 1 spiro atoms. The maximum Gasteiger partial charge on any atom is 0.255 e. The molecule has 4 rings (SSSR count). The van der Waals surface area contributed by atoms with Gasteiger partial charge in [-0.25, -0.2) is 0 Å². The Balaban J connectivity index is 1.50. The predicted molar refractivity (Wildman–Crippen MR) is 96.7 cm³/mol. The van der Waals surface area contributed by atoms with Crippen molar-refractivity contribution in [2.45, 2.75) is 44.9 Å². The van der Waals surface area contributed by atoms with Gasteiger partial charge < -0.3 is 14.9 Å². The lowest BCUT2D eigenvalue weighted by atomic mass is 9.78. The molecule has 0 saturated carbocycles. The number of rotatable bonds is 3. The van der Waals surface area contributed by atoms with Gasteiger partial charge in [-0.3, -0.25) is 14.6 Å². The van der Waals surface area contributed by atoms with Crippen LogP contribution in [-0.4, -0.2) is 64.5 Å². The third-order valence-electron chi connectivity index (χ3n) is 6.25. The molecule has 3 heterocycles. The number of β-amino-alcohol motifs (C(OH)–C–C–N with tert-alkyl or cyclic N) is 1. The van der Waals surface area contributed by atoms with Crippen molar-refractivity contribution in [3.8, 4) is 0 Å². The average Bonchev–Trinajstić information content (AvgIpc) is 3.10. The van der Waals surface area contributed by atoms with E-state index in [1.54, 1.807) is 11.1 Å². The molecule has 2 aliphatic heterocycles. The van der Waals surface area contributed by atoms with Gasteiger partial charge in [-0.1, -0.05) is 0 Å². The normalized spacial score (nSPS) is 25.7. The van der Waals surface area contributed by atoms with Crippen LogP contribution in [0.1, 0.15) is 53.7 Å². The van der Waals surface area contributed by atoms with Crippen LogP contribution in [0.2, 0.25) is 0 Å². The number of likely N-dealkylation sites (tertiary alicyclic amines) is 2. The van der Waals surface area contributed by atoms with Crippen LogP contribution in [0.3, 0.4) is 0 Å². The topological polar surface area (TPSA) is 73.7 Å². The summed E-state index contributed by atoms with van der Waals surface area (Å²) in [5.41, 5.74) is 2.54. The lowest BCUT2D eigenvalue weighted by Crippen LogP contribution is -2.51. The Morgan fingerprint density at radius 1 is 1.19 bits per heavy atom. The van der Waals surface area contributed by atoms with Crippen molar-refractivity contribution >= 4 is 11.8 Å². The van der Waals surface area contributed by atoms with Gasteiger partial charge in [-0.05, 0) is 56.6 Å². The van der Waals surface area contributed by atoms with Gasteiger partial charge in [-0.2, -0.15) is 0 Å². The number of hydrogen-bond donors (Lipinski definition) is 1. The summed E-state index contributed by atoms with van der Waals surface area (Å²) in [7, 11) is 0. The molecule has 0 radical (unpaired) electrons. The average molecular weight is 357 g/mol. The second-order valence-electron chi connectivity index (χ2n) is 7.91. The van der Waals surface area contributed by atoms with Crippen molar-refractivity contribution in [2.24, 2.45) is 5.41 Å². The van der Waals surface area contributed by atoms with Gasteiger partial charge in [0.2, 0.25) is 5.91 Å². The monoisotopic (exact) mass is 357 g/mol. The molecule has 6 nitrogen and oxygen atoms in total.